The lowest BCUT2D eigenvalue weighted by Gasteiger charge is -2.29. The molecule has 1 fully saturated rings. The van der Waals surface area contributed by atoms with E-state index in [1.54, 1.807) is 30.3 Å². The third-order valence-corrected chi connectivity index (χ3v) is 7.53. The summed E-state index contributed by atoms with van der Waals surface area (Å²) in [4.78, 5) is 0. The van der Waals surface area contributed by atoms with Gasteiger partial charge in [-0.3, -0.25) is 0 Å². The van der Waals surface area contributed by atoms with E-state index in [9.17, 15) is 8.78 Å². The summed E-state index contributed by atoms with van der Waals surface area (Å²) in [5.74, 6) is -2.12. The first kappa shape index (κ1) is 30.9. The van der Waals surface area contributed by atoms with Crippen LogP contribution in [0.3, 0.4) is 0 Å². The first-order valence-corrected chi connectivity index (χ1v) is 14.9. The van der Waals surface area contributed by atoms with Gasteiger partial charge in [0.15, 0.2) is 17.9 Å². The van der Waals surface area contributed by atoms with E-state index in [0.717, 1.165) is 6.42 Å². The van der Waals surface area contributed by atoms with E-state index < -0.39 is 23.7 Å². The number of unbranched alkanes of at least 4 members (excludes halogenated alkanes) is 5. The molecule has 1 aliphatic heterocycles. The highest BCUT2D eigenvalue weighted by Crippen LogP contribution is 2.34. The second kappa shape index (κ2) is 15.8. The maximum Gasteiger partial charge on any atom is 0.201 e. The van der Waals surface area contributed by atoms with E-state index in [1.807, 2.05) is 25.1 Å². The van der Waals surface area contributed by atoms with Gasteiger partial charge in [0, 0.05) is 22.6 Å². The largest absolute Gasteiger partial charge is 0.490 e. The fourth-order valence-corrected chi connectivity index (χ4v) is 5.13. The molecule has 3 aromatic rings. The van der Waals surface area contributed by atoms with Crippen LogP contribution in [0.25, 0.3) is 22.3 Å². The number of ether oxygens (including phenoxy) is 3. The molecule has 3 aromatic carbocycles. The quantitative estimate of drug-likeness (QED) is 0.144. The van der Waals surface area contributed by atoms with Gasteiger partial charge in [-0.1, -0.05) is 94.0 Å². The molecule has 1 saturated heterocycles. The van der Waals surface area contributed by atoms with Crippen molar-refractivity contribution in [2.24, 2.45) is 5.92 Å². The number of allylic oxidation sites excluding steroid dienone is 1. The molecule has 0 atom stereocenters. The van der Waals surface area contributed by atoms with Gasteiger partial charge in [-0.05, 0) is 49.1 Å². The van der Waals surface area contributed by atoms with Crippen LogP contribution in [0, 0.1) is 23.4 Å². The number of benzene rings is 3. The van der Waals surface area contributed by atoms with Crippen LogP contribution < -0.4 is 4.74 Å². The highest BCUT2D eigenvalue weighted by atomic mass is 19.2. The summed E-state index contributed by atoms with van der Waals surface area (Å²) in [5, 5.41) is 0. The maximum atomic E-state index is 15.2. The van der Waals surface area contributed by atoms with Crippen molar-refractivity contribution in [3.8, 4) is 28.0 Å². The van der Waals surface area contributed by atoms with Crippen LogP contribution in [-0.2, 0) is 9.47 Å². The number of halogens is 3. The van der Waals surface area contributed by atoms with Crippen LogP contribution in [-0.4, -0.2) is 19.8 Å². The Hall–Kier alpha value is -3.09. The second-order valence-electron chi connectivity index (χ2n) is 10.7. The van der Waals surface area contributed by atoms with Crippen molar-refractivity contribution in [2.45, 2.75) is 71.5 Å². The summed E-state index contributed by atoms with van der Waals surface area (Å²) in [6.45, 7) is 5.60. The van der Waals surface area contributed by atoms with Crippen molar-refractivity contribution >= 4 is 0 Å². The highest BCUT2D eigenvalue weighted by Gasteiger charge is 2.24. The first-order chi connectivity index (χ1) is 20.0. The molecule has 0 bridgehead atoms. The Balaban J connectivity index is 1.34. The Bertz CT molecular complexity index is 1260. The molecule has 1 aliphatic rings. The smallest absolute Gasteiger partial charge is 0.201 e. The standard InChI is InChI=1S/C35H41F3O3/c1-3-5-7-8-9-10-12-25-23-40-35(41-24-25)28-17-18-29(31(36)22-28)26-13-15-27(16-14-26)30-19-20-32(34(38)33(30)37)39-21-11-6-4-2/h4,6,13-20,22,25,35H,3,5,7-12,21,23-24H2,1-2H3. The van der Waals surface area contributed by atoms with Crippen molar-refractivity contribution in [2.75, 3.05) is 19.8 Å². The van der Waals surface area contributed by atoms with Crippen LogP contribution in [0.4, 0.5) is 13.2 Å². The maximum absolute atomic E-state index is 15.2. The van der Waals surface area contributed by atoms with Crippen LogP contribution in [0.15, 0.2) is 66.7 Å². The summed E-state index contributed by atoms with van der Waals surface area (Å²) in [6.07, 6.45) is 12.5. The van der Waals surface area contributed by atoms with E-state index in [1.165, 1.54) is 56.7 Å². The van der Waals surface area contributed by atoms with Gasteiger partial charge in [-0.15, -0.1) is 0 Å². The molecule has 0 radical (unpaired) electrons. The molecular weight excluding hydrogens is 525 g/mol. The predicted octanol–water partition coefficient (Wildman–Crippen LogP) is 10.2. The molecule has 41 heavy (non-hydrogen) atoms. The summed E-state index contributed by atoms with van der Waals surface area (Å²) in [6, 6.07) is 14.6. The van der Waals surface area contributed by atoms with Crippen LogP contribution in [0.2, 0.25) is 0 Å². The van der Waals surface area contributed by atoms with Gasteiger partial charge in [0.2, 0.25) is 5.82 Å². The van der Waals surface area contributed by atoms with E-state index in [0.29, 0.717) is 47.8 Å². The van der Waals surface area contributed by atoms with Crippen molar-refractivity contribution in [1.29, 1.82) is 0 Å². The molecule has 0 amide bonds. The number of rotatable bonds is 14. The van der Waals surface area contributed by atoms with Gasteiger partial charge in [-0.2, -0.15) is 4.39 Å². The summed E-state index contributed by atoms with van der Waals surface area (Å²) < 4.78 is 61.8. The molecule has 0 N–H and O–H groups in total. The van der Waals surface area contributed by atoms with Crippen molar-refractivity contribution in [3.63, 3.8) is 0 Å². The number of hydrogen-bond donors (Lipinski definition) is 0. The molecule has 0 unspecified atom stereocenters. The average Bonchev–Trinajstić information content (AvgIpc) is 3.00. The van der Waals surface area contributed by atoms with Crippen molar-refractivity contribution < 1.29 is 27.4 Å². The Morgan fingerprint density at radius 1 is 0.805 bits per heavy atom. The Kier molecular flexibility index (Phi) is 11.9. The van der Waals surface area contributed by atoms with E-state index in [-0.39, 0.29) is 17.9 Å². The number of hydrogen-bond acceptors (Lipinski definition) is 3. The zero-order valence-electron chi connectivity index (χ0n) is 24.1. The van der Waals surface area contributed by atoms with E-state index in [4.69, 9.17) is 14.2 Å². The predicted molar refractivity (Wildman–Crippen MR) is 158 cm³/mol. The minimum Gasteiger partial charge on any atom is -0.490 e. The molecule has 1 heterocycles. The van der Waals surface area contributed by atoms with Crippen molar-refractivity contribution in [3.05, 3.63) is 89.8 Å². The zero-order chi connectivity index (χ0) is 29.0. The summed E-state index contributed by atoms with van der Waals surface area (Å²) in [5.41, 5.74) is 2.29. The van der Waals surface area contributed by atoms with Gasteiger partial charge in [-0.25, -0.2) is 8.78 Å². The molecule has 0 aliphatic carbocycles. The Morgan fingerprint density at radius 3 is 2.15 bits per heavy atom. The lowest BCUT2D eigenvalue weighted by Crippen LogP contribution is -2.27. The topological polar surface area (TPSA) is 27.7 Å². The fourth-order valence-electron chi connectivity index (χ4n) is 5.13. The average molecular weight is 567 g/mol. The molecule has 0 saturated carbocycles. The zero-order valence-corrected chi connectivity index (χ0v) is 24.1. The third kappa shape index (κ3) is 8.46. The molecule has 0 aromatic heterocycles. The molecule has 3 nitrogen and oxygen atoms in total. The van der Waals surface area contributed by atoms with E-state index >= 15 is 4.39 Å². The SMILES string of the molecule is CC=CCCOc1ccc(-c2ccc(-c3ccc(C4OCC(CCCCCCCC)CO4)cc3F)cc2)c(F)c1F. The minimum atomic E-state index is -1.02. The van der Waals surface area contributed by atoms with Gasteiger partial charge >= 0.3 is 0 Å². The third-order valence-electron chi connectivity index (χ3n) is 7.53. The molecular formula is C35H41F3O3. The second-order valence-corrected chi connectivity index (χ2v) is 10.7. The monoisotopic (exact) mass is 566 g/mol. The highest BCUT2D eigenvalue weighted by molar-refractivity contribution is 5.71. The Labute approximate surface area is 242 Å². The van der Waals surface area contributed by atoms with Crippen molar-refractivity contribution in [1.82, 2.24) is 0 Å². The van der Waals surface area contributed by atoms with Gasteiger partial charge in [0.05, 0.1) is 19.8 Å². The summed E-state index contributed by atoms with van der Waals surface area (Å²) >= 11 is 0. The van der Waals surface area contributed by atoms with E-state index in [2.05, 4.69) is 6.92 Å². The van der Waals surface area contributed by atoms with Crippen LogP contribution >= 0.6 is 0 Å². The normalized spacial score (nSPS) is 17.3. The molecule has 0 spiro atoms. The lowest BCUT2D eigenvalue weighted by atomic mass is 9.98. The van der Waals surface area contributed by atoms with Crippen LogP contribution in [0.1, 0.15) is 77.1 Å². The molecule has 220 valence electrons. The summed E-state index contributed by atoms with van der Waals surface area (Å²) in [7, 11) is 0. The first-order valence-electron chi connectivity index (χ1n) is 14.9. The van der Waals surface area contributed by atoms with Gasteiger partial charge in [0.1, 0.15) is 5.82 Å². The van der Waals surface area contributed by atoms with Gasteiger partial charge in [0.25, 0.3) is 0 Å². The molecule has 4 rings (SSSR count). The Morgan fingerprint density at radius 2 is 1.46 bits per heavy atom. The van der Waals surface area contributed by atoms with Crippen LogP contribution in [0.5, 0.6) is 5.75 Å². The lowest BCUT2D eigenvalue weighted by molar-refractivity contribution is -0.206. The molecule has 6 heteroatoms. The fraction of sp³-hybridized carbons (Fsp3) is 0.429. The minimum absolute atomic E-state index is 0.117. The van der Waals surface area contributed by atoms with Gasteiger partial charge < -0.3 is 14.2 Å².